The first-order chi connectivity index (χ1) is 14.7. The SMILES string of the molecule is CCNC(=NCC(OC)c1ccc(F)cc1)NC1CCN(Cc2ccccn2)CC1.I. The Kier molecular flexibility index (Phi) is 11.2. The summed E-state index contributed by atoms with van der Waals surface area (Å²) < 4.78 is 18.8. The van der Waals surface area contributed by atoms with E-state index in [-0.39, 0.29) is 35.9 Å². The number of guanidine groups is 1. The Morgan fingerprint density at radius 1 is 1.23 bits per heavy atom. The molecule has 1 aliphatic heterocycles. The van der Waals surface area contributed by atoms with Crippen LogP contribution in [0.1, 0.15) is 37.1 Å². The fourth-order valence-corrected chi connectivity index (χ4v) is 3.64. The molecule has 0 radical (unpaired) electrons. The summed E-state index contributed by atoms with van der Waals surface area (Å²) in [6, 6.07) is 12.8. The van der Waals surface area contributed by atoms with Crippen molar-refractivity contribution in [2.75, 3.05) is 33.3 Å². The number of methoxy groups -OCH3 is 1. The molecule has 8 heteroatoms. The summed E-state index contributed by atoms with van der Waals surface area (Å²) in [7, 11) is 1.65. The van der Waals surface area contributed by atoms with Crippen molar-refractivity contribution < 1.29 is 9.13 Å². The Balaban J connectivity index is 0.00000341. The number of pyridine rings is 1. The molecular formula is C23H33FIN5O. The quantitative estimate of drug-likeness (QED) is 0.303. The first kappa shape index (κ1) is 25.5. The molecule has 3 rings (SSSR count). The Morgan fingerprint density at radius 2 is 1.97 bits per heavy atom. The highest BCUT2D eigenvalue weighted by molar-refractivity contribution is 14.0. The van der Waals surface area contributed by atoms with Crippen LogP contribution in [0.4, 0.5) is 4.39 Å². The zero-order chi connectivity index (χ0) is 21.2. The second-order valence-corrected chi connectivity index (χ2v) is 7.51. The first-order valence-electron chi connectivity index (χ1n) is 10.6. The summed E-state index contributed by atoms with van der Waals surface area (Å²) in [5.74, 6) is 0.548. The van der Waals surface area contributed by atoms with Crippen molar-refractivity contribution >= 4 is 29.9 Å². The van der Waals surface area contributed by atoms with E-state index in [4.69, 9.17) is 9.73 Å². The minimum Gasteiger partial charge on any atom is -0.375 e. The molecule has 1 aliphatic rings. The normalized spacial score (nSPS) is 16.4. The van der Waals surface area contributed by atoms with Crippen molar-refractivity contribution in [3.63, 3.8) is 0 Å². The maximum Gasteiger partial charge on any atom is 0.191 e. The predicted octanol–water partition coefficient (Wildman–Crippen LogP) is 3.75. The number of rotatable bonds is 8. The van der Waals surface area contributed by atoms with Gasteiger partial charge in [0.15, 0.2) is 5.96 Å². The lowest BCUT2D eigenvalue weighted by Crippen LogP contribution is -2.48. The molecule has 0 saturated carbocycles. The van der Waals surface area contributed by atoms with E-state index in [1.54, 1.807) is 19.2 Å². The van der Waals surface area contributed by atoms with E-state index in [0.717, 1.165) is 56.2 Å². The van der Waals surface area contributed by atoms with Crippen LogP contribution >= 0.6 is 24.0 Å². The van der Waals surface area contributed by atoms with Gasteiger partial charge in [0.05, 0.1) is 12.2 Å². The standard InChI is InChI=1S/C23H32FN5O.HI/c1-3-25-23(27-16-22(30-2)18-7-9-19(24)10-8-18)28-20-11-14-29(15-12-20)17-21-6-4-5-13-26-21;/h4-10,13,20,22H,3,11-12,14-17H2,1-2H3,(H2,25,27,28);1H. The summed E-state index contributed by atoms with van der Waals surface area (Å²) >= 11 is 0. The van der Waals surface area contributed by atoms with Gasteiger partial charge in [-0.2, -0.15) is 0 Å². The third-order valence-corrected chi connectivity index (χ3v) is 5.33. The number of aliphatic imine (C=N–C) groups is 1. The molecule has 170 valence electrons. The van der Waals surface area contributed by atoms with Gasteiger partial charge < -0.3 is 15.4 Å². The lowest BCUT2D eigenvalue weighted by molar-refractivity contribution is 0.110. The highest BCUT2D eigenvalue weighted by Gasteiger charge is 2.20. The van der Waals surface area contributed by atoms with Crippen LogP contribution in [0.25, 0.3) is 0 Å². The highest BCUT2D eigenvalue weighted by Crippen LogP contribution is 2.18. The van der Waals surface area contributed by atoms with E-state index in [0.29, 0.717) is 12.6 Å². The molecule has 1 atom stereocenters. The van der Waals surface area contributed by atoms with Gasteiger partial charge in [-0.1, -0.05) is 18.2 Å². The second-order valence-electron chi connectivity index (χ2n) is 7.51. The average molecular weight is 541 g/mol. The largest absolute Gasteiger partial charge is 0.375 e. The fraction of sp³-hybridized carbons (Fsp3) is 0.478. The second kappa shape index (κ2) is 13.6. The van der Waals surface area contributed by atoms with Crippen LogP contribution in [0, 0.1) is 5.82 Å². The van der Waals surface area contributed by atoms with Crippen molar-refractivity contribution in [3.05, 3.63) is 65.7 Å². The van der Waals surface area contributed by atoms with Gasteiger partial charge in [0.2, 0.25) is 0 Å². The zero-order valence-electron chi connectivity index (χ0n) is 18.3. The van der Waals surface area contributed by atoms with Crippen LogP contribution in [0.3, 0.4) is 0 Å². The number of nitrogens with zero attached hydrogens (tertiary/aromatic N) is 3. The smallest absolute Gasteiger partial charge is 0.191 e. The molecule has 1 aromatic carbocycles. The van der Waals surface area contributed by atoms with Gasteiger partial charge in [0.25, 0.3) is 0 Å². The van der Waals surface area contributed by atoms with Crippen LogP contribution in [-0.2, 0) is 11.3 Å². The van der Waals surface area contributed by atoms with Gasteiger partial charge in [0, 0.05) is 45.5 Å². The lowest BCUT2D eigenvalue weighted by atomic mass is 10.0. The summed E-state index contributed by atoms with van der Waals surface area (Å²) in [6.07, 6.45) is 3.76. The molecule has 0 spiro atoms. The van der Waals surface area contributed by atoms with Gasteiger partial charge in [-0.15, -0.1) is 24.0 Å². The number of hydrogen-bond acceptors (Lipinski definition) is 4. The maximum atomic E-state index is 13.2. The van der Waals surface area contributed by atoms with Crippen molar-refractivity contribution in [1.29, 1.82) is 0 Å². The van der Waals surface area contributed by atoms with E-state index < -0.39 is 0 Å². The minimum absolute atomic E-state index is 0. The number of aromatic nitrogens is 1. The third kappa shape index (κ3) is 8.34. The van der Waals surface area contributed by atoms with Crippen molar-refractivity contribution in [2.45, 2.75) is 38.5 Å². The van der Waals surface area contributed by atoms with E-state index in [1.807, 2.05) is 18.3 Å². The average Bonchev–Trinajstić information content (AvgIpc) is 2.77. The van der Waals surface area contributed by atoms with Gasteiger partial charge in [-0.3, -0.25) is 14.9 Å². The minimum atomic E-state index is -0.249. The molecule has 31 heavy (non-hydrogen) atoms. The molecule has 2 aromatic rings. The van der Waals surface area contributed by atoms with E-state index in [1.165, 1.54) is 12.1 Å². The molecule has 1 unspecified atom stereocenters. The zero-order valence-corrected chi connectivity index (χ0v) is 20.6. The number of piperidine rings is 1. The number of nitrogens with one attached hydrogen (secondary N) is 2. The predicted molar refractivity (Wildman–Crippen MR) is 133 cm³/mol. The summed E-state index contributed by atoms with van der Waals surface area (Å²) in [5.41, 5.74) is 2.03. The van der Waals surface area contributed by atoms with E-state index >= 15 is 0 Å². The summed E-state index contributed by atoms with van der Waals surface area (Å²) in [4.78, 5) is 11.6. The third-order valence-electron chi connectivity index (χ3n) is 5.33. The molecule has 1 fully saturated rings. The number of hydrogen-bond donors (Lipinski definition) is 2. The maximum absolute atomic E-state index is 13.2. The van der Waals surface area contributed by atoms with Crippen LogP contribution in [0.15, 0.2) is 53.7 Å². The van der Waals surface area contributed by atoms with Crippen LogP contribution < -0.4 is 10.6 Å². The van der Waals surface area contributed by atoms with Gasteiger partial charge in [-0.25, -0.2) is 4.39 Å². The van der Waals surface area contributed by atoms with Crippen molar-refractivity contribution in [3.8, 4) is 0 Å². The Morgan fingerprint density at radius 3 is 2.58 bits per heavy atom. The van der Waals surface area contributed by atoms with Crippen molar-refractivity contribution in [1.82, 2.24) is 20.5 Å². The molecule has 1 aromatic heterocycles. The molecule has 1 saturated heterocycles. The highest BCUT2D eigenvalue weighted by atomic mass is 127. The van der Waals surface area contributed by atoms with Crippen LogP contribution in [0.5, 0.6) is 0 Å². The summed E-state index contributed by atoms with van der Waals surface area (Å²) in [6.45, 7) is 6.28. The number of benzene rings is 1. The molecule has 2 N–H and O–H groups in total. The van der Waals surface area contributed by atoms with Crippen molar-refractivity contribution in [2.24, 2.45) is 4.99 Å². The lowest BCUT2D eigenvalue weighted by Gasteiger charge is -2.33. The molecule has 0 aliphatic carbocycles. The van der Waals surface area contributed by atoms with Crippen LogP contribution in [0.2, 0.25) is 0 Å². The molecule has 0 bridgehead atoms. The topological polar surface area (TPSA) is 61.8 Å². The molecule has 6 nitrogen and oxygen atoms in total. The fourth-order valence-electron chi connectivity index (χ4n) is 3.64. The monoisotopic (exact) mass is 541 g/mol. The Hall–Kier alpha value is -1.78. The number of halogens is 2. The number of ether oxygens (including phenoxy) is 1. The first-order valence-corrected chi connectivity index (χ1v) is 10.6. The molecule has 0 amide bonds. The molecular weight excluding hydrogens is 508 g/mol. The van der Waals surface area contributed by atoms with E-state index in [9.17, 15) is 4.39 Å². The van der Waals surface area contributed by atoms with Crippen LogP contribution in [-0.4, -0.2) is 55.2 Å². The summed E-state index contributed by atoms with van der Waals surface area (Å²) in [5, 5.41) is 6.88. The Bertz CT molecular complexity index is 782. The number of likely N-dealkylation sites (tertiary alicyclic amines) is 1. The van der Waals surface area contributed by atoms with E-state index in [2.05, 4.69) is 33.5 Å². The Labute approximate surface area is 201 Å². The van der Waals surface area contributed by atoms with Gasteiger partial charge in [0.1, 0.15) is 11.9 Å². The van der Waals surface area contributed by atoms with Gasteiger partial charge >= 0.3 is 0 Å². The van der Waals surface area contributed by atoms with Gasteiger partial charge in [-0.05, 0) is 49.6 Å². The molecule has 2 heterocycles.